The van der Waals surface area contributed by atoms with Crippen molar-refractivity contribution in [1.29, 1.82) is 0 Å². The highest BCUT2D eigenvalue weighted by Crippen LogP contribution is 2.28. The molecule has 3 aromatic rings. The summed E-state index contributed by atoms with van der Waals surface area (Å²) in [6.45, 7) is 0. The van der Waals surface area contributed by atoms with Gasteiger partial charge >= 0.3 is 5.97 Å². The van der Waals surface area contributed by atoms with E-state index in [1.54, 1.807) is 18.2 Å². The van der Waals surface area contributed by atoms with Gasteiger partial charge in [0.15, 0.2) is 0 Å². The number of esters is 1. The maximum atomic E-state index is 13.9. The molecule has 0 saturated heterocycles. The predicted octanol–water partition coefficient (Wildman–Crippen LogP) is 3.25. The second kappa shape index (κ2) is 3.84. The summed E-state index contributed by atoms with van der Waals surface area (Å²) in [4.78, 5) is 14.3. The third-order valence-corrected chi connectivity index (χ3v) is 3.00. The fourth-order valence-electron chi connectivity index (χ4n) is 2.16. The predicted molar refractivity (Wildman–Crippen MR) is 67.1 cm³/mol. The highest BCUT2D eigenvalue weighted by Gasteiger charge is 2.13. The molecule has 0 radical (unpaired) electrons. The molecule has 0 aliphatic rings. The molecule has 0 amide bonds. The van der Waals surface area contributed by atoms with Crippen LogP contribution in [0.25, 0.3) is 21.7 Å². The summed E-state index contributed by atoms with van der Waals surface area (Å²) in [5.41, 5.74) is 0.912. The molecule has 0 fully saturated rings. The van der Waals surface area contributed by atoms with Crippen LogP contribution in [0.1, 0.15) is 10.5 Å². The van der Waals surface area contributed by atoms with Crippen molar-refractivity contribution in [2.45, 2.75) is 0 Å². The number of rotatable bonds is 1. The molecule has 0 atom stereocenters. The number of carbonyl (C=O) groups is 1. The molecule has 0 saturated carbocycles. The molecule has 0 aliphatic carbocycles. The van der Waals surface area contributed by atoms with E-state index in [9.17, 15) is 9.18 Å². The Morgan fingerprint density at radius 1 is 1.17 bits per heavy atom. The number of hydrogen-bond acceptors (Lipinski definition) is 2. The summed E-state index contributed by atoms with van der Waals surface area (Å²) in [5, 5.41) is 2.13. The summed E-state index contributed by atoms with van der Waals surface area (Å²) in [6, 6.07) is 10.2. The lowest BCUT2D eigenvalue weighted by Crippen LogP contribution is -2.00. The second-order valence-corrected chi connectivity index (χ2v) is 4.04. The van der Waals surface area contributed by atoms with E-state index in [1.165, 1.54) is 13.2 Å². The SMILES string of the molecule is COC(=O)c1cc2c(cc(F)c3ccccc32)[nH]1. The van der Waals surface area contributed by atoms with Gasteiger partial charge in [-0.2, -0.15) is 0 Å². The summed E-state index contributed by atoms with van der Waals surface area (Å²) in [6.07, 6.45) is 0. The van der Waals surface area contributed by atoms with Gasteiger partial charge in [0, 0.05) is 16.3 Å². The van der Waals surface area contributed by atoms with Crippen molar-refractivity contribution in [3.8, 4) is 0 Å². The standard InChI is InChI=1S/C14H10FNO2/c1-18-14(17)13-6-10-8-4-2-3-5-9(8)11(15)7-12(10)16-13/h2-7,16H,1H3. The number of halogens is 1. The van der Waals surface area contributed by atoms with E-state index in [-0.39, 0.29) is 5.82 Å². The molecule has 3 nitrogen and oxygen atoms in total. The van der Waals surface area contributed by atoms with E-state index in [1.807, 2.05) is 12.1 Å². The third-order valence-electron chi connectivity index (χ3n) is 3.00. The Hall–Kier alpha value is -2.36. The zero-order valence-electron chi connectivity index (χ0n) is 9.66. The van der Waals surface area contributed by atoms with Gasteiger partial charge in [0.1, 0.15) is 11.5 Å². The Bertz CT molecular complexity index is 761. The van der Waals surface area contributed by atoms with Crippen molar-refractivity contribution >= 4 is 27.6 Å². The fraction of sp³-hybridized carbons (Fsp3) is 0.0714. The molecule has 1 N–H and O–H groups in total. The first-order chi connectivity index (χ1) is 8.70. The number of benzene rings is 2. The van der Waals surface area contributed by atoms with Crippen LogP contribution in [-0.2, 0) is 4.74 Å². The van der Waals surface area contributed by atoms with E-state index in [0.717, 1.165) is 10.8 Å². The molecule has 4 heteroatoms. The first-order valence-corrected chi connectivity index (χ1v) is 5.49. The van der Waals surface area contributed by atoms with Crippen LogP contribution < -0.4 is 0 Å². The molecule has 1 aromatic heterocycles. The average Bonchev–Trinajstić information content (AvgIpc) is 2.82. The lowest BCUT2D eigenvalue weighted by molar-refractivity contribution is 0.0595. The van der Waals surface area contributed by atoms with Crippen molar-refractivity contribution in [2.75, 3.05) is 7.11 Å². The minimum absolute atomic E-state index is 0.309. The van der Waals surface area contributed by atoms with Gasteiger partial charge in [0.25, 0.3) is 0 Å². The zero-order valence-corrected chi connectivity index (χ0v) is 9.66. The van der Waals surface area contributed by atoms with Gasteiger partial charge in [-0.1, -0.05) is 24.3 Å². The van der Waals surface area contributed by atoms with E-state index in [4.69, 9.17) is 0 Å². The minimum atomic E-state index is -0.462. The van der Waals surface area contributed by atoms with Gasteiger partial charge in [-0.15, -0.1) is 0 Å². The summed E-state index contributed by atoms with van der Waals surface area (Å²) in [7, 11) is 1.31. The average molecular weight is 243 g/mol. The third kappa shape index (κ3) is 1.46. The first kappa shape index (κ1) is 10.8. The minimum Gasteiger partial charge on any atom is -0.464 e. The largest absolute Gasteiger partial charge is 0.464 e. The van der Waals surface area contributed by atoms with Crippen LogP contribution >= 0.6 is 0 Å². The number of aromatic amines is 1. The monoisotopic (exact) mass is 243 g/mol. The molecule has 18 heavy (non-hydrogen) atoms. The Kier molecular flexibility index (Phi) is 2.30. The van der Waals surface area contributed by atoms with Crippen molar-refractivity contribution in [2.24, 2.45) is 0 Å². The van der Waals surface area contributed by atoms with Crippen molar-refractivity contribution < 1.29 is 13.9 Å². The van der Waals surface area contributed by atoms with Gasteiger partial charge < -0.3 is 9.72 Å². The Morgan fingerprint density at radius 2 is 1.89 bits per heavy atom. The molecular formula is C14H10FNO2. The van der Waals surface area contributed by atoms with E-state index < -0.39 is 5.97 Å². The topological polar surface area (TPSA) is 42.1 Å². The van der Waals surface area contributed by atoms with Crippen molar-refractivity contribution in [3.05, 3.63) is 47.9 Å². The maximum Gasteiger partial charge on any atom is 0.354 e. The smallest absolute Gasteiger partial charge is 0.354 e. The number of carbonyl (C=O) groups excluding carboxylic acids is 1. The number of H-pyrrole nitrogens is 1. The highest BCUT2D eigenvalue weighted by molar-refractivity contribution is 6.09. The lowest BCUT2D eigenvalue weighted by atomic mass is 10.1. The second-order valence-electron chi connectivity index (χ2n) is 4.04. The molecule has 2 aromatic carbocycles. The van der Waals surface area contributed by atoms with Gasteiger partial charge in [0.05, 0.1) is 7.11 Å². The number of methoxy groups -OCH3 is 1. The van der Waals surface area contributed by atoms with E-state index in [2.05, 4.69) is 9.72 Å². The quantitative estimate of drug-likeness (QED) is 0.666. The van der Waals surface area contributed by atoms with Crippen LogP contribution in [0.4, 0.5) is 4.39 Å². The van der Waals surface area contributed by atoms with Gasteiger partial charge in [-0.3, -0.25) is 0 Å². The van der Waals surface area contributed by atoms with Crippen LogP contribution in [0.3, 0.4) is 0 Å². The molecule has 0 spiro atoms. The fourth-order valence-corrected chi connectivity index (χ4v) is 2.16. The first-order valence-electron chi connectivity index (χ1n) is 5.49. The molecule has 0 unspecified atom stereocenters. The van der Waals surface area contributed by atoms with E-state index in [0.29, 0.717) is 16.6 Å². The molecule has 0 bridgehead atoms. The Balaban J connectivity index is 2.40. The summed E-state index contributed by atoms with van der Waals surface area (Å²) >= 11 is 0. The lowest BCUT2D eigenvalue weighted by Gasteiger charge is -2.00. The number of nitrogens with one attached hydrogen (secondary N) is 1. The van der Waals surface area contributed by atoms with Crippen LogP contribution in [-0.4, -0.2) is 18.1 Å². The normalized spacial score (nSPS) is 11.0. The molecule has 0 aliphatic heterocycles. The van der Waals surface area contributed by atoms with Gasteiger partial charge in [-0.05, 0) is 17.5 Å². The van der Waals surface area contributed by atoms with Crippen LogP contribution in [0.15, 0.2) is 36.4 Å². The van der Waals surface area contributed by atoms with Crippen molar-refractivity contribution in [3.63, 3.8) is 0 Å². The number of aromatic nitrogens is 1. The molecular weight excluding hydrogens is 233 g/mol. The van der Waals surface area contributed by atoms with Gasteiger partial charge in [-0.25, -0.2) is 9.18 Å². The number of ether oxygens (including phenoxy) is 1. The van der Waals surface area contributed by atoms with Crippen LogP contribution in [0.2, 0.25) is 0 Å². The summed E-state index contributed by atoms with van der Waals surface area (Å²) < 4.78 is 18.5. The van der Waals surface area contributed by atoms with Crippen molar-refractivity contribution in [1.82, 2.24) is 4.98 Å². The van der Waals surface area contributed by atoms with Crippen LogP contribution in [0.5, 0.6) is 0 Å². The molecule has 1 heterocycles. The highest BCUT2D eigenvalue weighted by atomic mass is 19.1. The number of fused-ring (bicyclic) bond motifs is 3. The van der Waals surface area contributed by atoms with E-state index >= 15 is 0 Å². The summed E-state index contributed by atoms with van der Waals surface area (Å²) in [5.74, 6) is -0.771. The Labute approximate surface area is 102 Å². The van der Waals surface area contributed by atoms with Crippen LogP contribution in [0, 0.1) is 5.82 Å². The number of hydrogen-bond donors (Lipinski definition) is 1. The zero-order chi connectivity index (χ0) is 12.7. The maximum absolute atomic E-state index is 13.9. The van der Waals surface area contributed by atoms with Gasteiger partial charge in [0.2, 0.25) is 0 Å². The molecule has 3 rings (SSSR count). The Morgan fingerprint density at radius 3 is 2.61 bits per heavy atom. The molecule has 90 valence electrons.